The summed E-state index contributed by atoms with van der Waals surface area (Å²) in [5.74, 6) is 2.15. The number of ether oxygens (including phenoxy) is 4. The van der Waals surface area contributed by atoms with Crippen LogP contribution >= 0.6 is 0 Å². The first-order valence-electron chi connectivity index (χ1n) is 16.9. The van der Waals surface area contributed by atoms with E-state index in [1.165, 1.54) is 6.07 Å². The van der Waals surface area contributed by atoms with E-state index in [1.807, 2.05) is 32.7 Å². The number of benzene rings is 3. The van der Waals surface area contributed by atoms with Crippen LogP contribution in [0.1, 0.15) is 45.6 Å². The Morgan fingerprint density at radius 2 is 1.49 bits per heavy atom. The molecule has 290 valence electrons. The molecular weight excluding hydrogens is 691 g/mol. The molecule has 4 N–H and O–H groups in total. The van der Waals surface area contributed by atoms with Crippen molar-refractivity contribution in [2.24, 2.45) is 11.1 Å². The van der Waals surface area contributed by atoms with Crippen molar-refractivity contribution in [3.8, 4) is 23.0 Å². The number of anilines is 3. The fourth-order valence-corrected chi connectivity index (χ4v) is 5.24. The number of carbonyl (C=O) groups is 2. The molecule has 53 heavy (non-hydrogen) atoms. The van der Waals surface area contributed by atoms with Gasteiger partial charge in [0, 0.05) is 80.5 Å². The largest absolute Gasteiger partial charge is 0.493 e. The Bertz CT molecular complexity index is 1720. The molecule has 11 nitrogen and oxygen atoms in total. The van der Waals surface area contributed by atoms with E-state index >= 15 is 0 Å². The molecule has 5 rings (SSSR count). The molecule has 0 spiro atoms. The van der Waals surface area contributed by atoms with Crippen LogP contribution in [0.25, 0.3) is 10.9 Å². The molecule has 1 fully saturated rings. The summed E-state index contributed by atoms with van der Waals surface area (Å²) in [7, 11) is 8.24. The average Bonchev–Trinajstić information content (AvgIpc) is 3.11. The van der Waals surface area contributed by atoms with Gasteiger partial charge in [-0.3, -0.25) is 9.78 Å². The van der Waals surface area contributed by atoms with Gasteiger partial charge in [-0.1, -0.05) is 26.8 Å². The Balaban J connectivity index is 0.000000647. The lowest BCUT2D eigenvalue weighted by Gasteiger charge is -2.35. The quantitative estimate of drug-likeness (QED) is 0.145. The third kappa shape index (κ3) is 14.1. The first kappa shape index (κ1) is 44.1. The number of piperidine rings is 1. The highest BCUT2D eigenvalue weighted by Gasteiger charge is 2.36. The summed E-state index contributed by atoms with van der Waals surface area (Å²) in [6.07, 6.45) is 0.617. The number of nitrogens with two attached hydrogens (primary N) is 1. The van der Waals surface area contributed by atoms with Gasteiger partial charge in [-0.2, -0.15) is 13.2 Å². The normalized spacial score (nSPS) is 12.8. The number of rotatable bonds is 9. The zero-order chi connectivity index (χ0) is 39.6. The third-order valence-corrected chi connectivity index (χ3v) is 7.80. The van der Waals surface area contributed by atoms with Crippen LogP contribution < -0.4 is 35.5 Å². The number of aromatic nitrogens is 1. The highest BCUT2D eigenvalue weighted by molar-refractivity contribution is 5.88. The maximum atomic E-state index is 14.1. The number of halogens is 3. The number of hydrogen-bond acceptors (Lipinski definition) is 10. The highest BCUT2D eigenvalue weighted by Crippen LogP contribution is 2.40. The minimum absolute atomic E-state index is 0.182. The molecule has 1 saturated heterocycles. The monoisotopic (exact) mass is 743 g/mol. The summed E-state index contributed by atoms with van der Waals surface area (Å²) in [6, 6.07) is 17.1. The number of carbonyl (C=O) groups excluding carboxylic acids is 2. The minimum Gasteiger partial charge on any atom is -0.493 e. The molecule has 0 aliphatic carbocycles. The second kappa shape index (κ2) is 21.4. The Labute approximate surface area is 310 Å². The first-order chi connectivity index (χ1) is 25.2. The fraction of sp³-hybridized carbons (Fsp3) is 0.410. The number of pyridine rings is 1. The molecular formula is C39H52F3N5O6. The van der Waals surface area contributed by atoms with E-state index in [1.54, 1.807) is 89.2 Å². The van der Waals surface area contributed by atoms with Crippen molar-refractivity contribution >= 4 is 40.7 Å². The number of amides is 1. The second-order valence-electron chi connectivity index (χ2n) is 13.0. The van der Waals surface area contributed by atoms with E-state index in [0.29, 0.717) is 65.4 Å². The van der Waals surface area contributed by atoms with Crippen LogP contribution in [-0.2, 0) is 20.5 Å². The molecule has 3 aromatic carbocycles. The molecule has 0 atom stereocenters. The SMILES string of the molecule is CC(C)(C)CC=O.CNC1CCN(c2ccc(Nc3cccc(Oc4ccnc5cc(OC)c(OC)cc45)c3)cc2C(F)(F)F)CC1.COC.NC=O. The predicted octanol–water partition coefficient (Wildman–Crippen LogP) is 7.98. The molecule has 2 heterocycles. The zero-order valence-corrected chi connectivity index (χ0v) is 31.7. The van der Waals surface area contributed by atoms with Crippen molar-refractivity contribution in [1.29, 1.82) is 0 Å². The third-order valence-electron chi connectivity index (χ3n) is 7.80. The van der Waals surface area contributed by atoms with Gasteiger partial charge in [0.15, 0.2) is 11.5 Å². The van der Waals surface area contributed by atoms with Gasteiger partial charge in [0.1, 0.15) is 17.8 Å². The maximum Gasteiger partial charge on any atom is 0.418 e. The van der Waals surface area contributed by atoms with Crippen molar-refractivity contribution in [1.82, 2.24) is 10.3 Å². The maximum absolute atomic E-state index is 14.1. The molecule has 4 aromatic rings. The van der Waals surface area contributed by atoms with E-state index in [9.17, 15) is 18.0 Å². The summed E-state index contributed by atoms with van der Waals surface area (Å²) in [5, 5.41) is 7.04. The number of hydrogen-bond donors (Lipinski definition) is 3. The number of nitrogens with one attached hydrogen (secondary N) is 2. The molecule has 1 aliphatic heterocycles. The molecule has 14 heteroatoms. The van der Waals surface area contributed by atoms with Crippen molar-refractivity contribution < 1.29 is 41.7 Å². The summed E-state index contributed by atoms with van der Waals surface area (Å²) in [4.78, 5) is 24.6. The lowest BCUT2D eigenvalue weighted by Crippen LogP contribution is -2.41. The number of fused-ring (bicyclic) bond motifs is 1. The number of aldehydes is 1. The van der Waals surface area contributed by atoms with Gasteiger partial charge in [0.05, 0.1) is 25.3 Å². The highest BCUT2D eigenvalue weighted by atomic mass is 19.4. The van der Waals surface area contributed by atoms with E-state index < -0.39 is 11.7 Å². The predicted molar refractivity (Wildman–Crippen MR) is 204 cm³/mol. The number of methoxy groups -OCH3 is 3. The van der Waals surface area contributed by atoms with E-state index in [2.05, 4.69) is 26.1 Å². The topological polar surface area (TPSA) is 137 Å². The van der Waals surface area contributed by atoms with Gasteiger partial charge < -0.3 is 45.0 Å². The van der Waals surface area contributed by atoms with Gasteiger partial charge in [-0.15, -0.1) is 0 Å². The summed E-state index contributed by atoms with van der Waals surface area (Å²) < 4.78 is 63.5. The number of nitrogens with zero attached hydrogens (tertiary/aromatic N) is 2. The van der Waals surface area contributed by atoms with Crippen LogP contribution in [0.4, 0.5) is 30.2 Å². The second-order valence-corrected chi connectivity index (χ2v) is 13.0. The van der Waals surface area contributed by atoms with Crippen molar-refractivity contribution in [3.63, 3.8) is 0 Å². The van der Waals surface area contributed by atoms with Gasteiger partial charge in [0.2, 0.25) is 6.41 Å². The van der Waals surface area contributed by atoms with Crippen molar-refractivity contribution in [3.05, 3.63) is 72.4 Å². The Morgan fingerprint density at radius 3 is 2.02 bits per heavy atom. The first-order valence-corrected chi connectivity index (χ1v) is 16.9. The van der Waals surface area contributed by atoms with E-state index in [-0.39, 0.29) is 17.5 Å². The van der Waals surface area contributed by atoms with Crippen LogP contribution in [0.5, 0.6) is 23.0 Å². The van der Waals surface area contributed by atoms with Crippen LogP contribution in [-0.4, -0.2) is 72.3 Å². The molecule has 0 bridgehead atoms. The van der Waals surface area contributed by atoms with Crippen LogP contribution in [0.2, 0.25) is 0 Å². The summed E-state index contributed by atoms with van der Waals surface area (Å²) in [6.45, 7) is 7.27. The summed E-state index contributed by atoms with van der Waals surface area (Å²) in [5.41, 5.74) is 5.50. The van der Waals surface area contributed by atoms with Gasteiger partial charge in [-0.25, -0.2) is 0 Å². The van der Waals surface area contributed by atoms with Crippen LogP contribution in [0.3, 0.4) is 0 Å². The molecule has 0 radical (unpaired) electrons. The van der Waals surface area contributed by atoms with Crippen molar-refractivity contribution in [2.45, 2.75) is 52.3 Å². The Hall–Kier alpha value is -5.08. The molecule has 1 amide bonds. The summed E-state index contributed by atoms with van der Waals surface area (Å²) >= 11 is 0. The smallest absolute Gasteiger partial charge is 0.418 e. The fourth-order valence-electron chi connectivity index (χ4n) is 5.24. The van der Waals surface area contributed by atoms with E-state index in [4.69, 9.17) is 19.0 Å². The van der Waals surface area contributed by atoms with Gasteiger partial charge in [-0.05, 0) is 67.8 Å². The van der Waals surface area contributed by atoms with Gasteiger partial charge >= 0.3 is 6.18 Å². The van der Waals surface area contributed by atoms with E-state index in [0.717, 1.165) is 24.5 Å². The molecule has 0 saturated carbocycles. The zero-order valence-electron chi connectivity index (χ0n) is 31.7. The number of alkyl halides is 3. The molecule has 0 unspecified atom stereocenters. The van der Waals surface area contributed by atoms with Crippen LogP contribution in [0, 0.1) is 5.41 Å². The molecule has 1 aromatic heterocycles. The lowest BCUT2D eigenvalue weighted by atomic mass is 9.93. The Kier molecular flexibility index (Phi) is 17.8. The van der Waals surface area contributed by atoms with Crippen molar-refractivity contribution in [2.75, 3.05) is 58.8 Å². The average molecular weight is 744 g/mol. The standard InChI is InChI=1S/C30H31F3N4O3.C6H12O.C2H6O.CH3NO/c1-34-19-10-13-37(14-11-19)26-8-7-21(16-24(26)30(31,32)33)36-20-5-4-6-22(15-20)40-27-9-12-35-25-18-29(39-3)28(38-2)17-23(25)27;1-6(2,3)4-5-7;1-3-2;2-1-3/h4-9,12,15-19,34,36H,10-11,13-14H2,1-3H3;5H,4H2,1-3H3;1-2H3;1H,(H2,2,3). The van der Waals surface area contributed by atoms with Crippen LogP contribution in [0.15, 0.2) is 66.9 Å². The Morgan fingerprint density at radius 1 is 0.887 bits per heavy atom. The molecule has 1 aliphatic rings. The minimum atomic E-state index is -4.48. The lowest BCUT2D eigenvalue weighted by molar-refractivity contribution is -0.137. The number of primary amides is 1. The van der Waals surface area contributed by atoms with Gasteiger partial charge in [0.25, 0.3) is 0 Å².